The monoisotopic (exact) mass is 380 g/mol. The molecule has 8 heteroatoms. The van der Waals surface area contributed by atoms with Crippen molar-refractivity contribution >= 4 is 28.8 Å². The highest BCUT2D eigenvalue weighted by Gasteiger charge is 2.35. The quantitative estimate of drug-likeness (QED) is 0.802. The Morgan fingerprint density at radius 1 is 1.15 bits per heavy atom. The molecule has 1 fully saturated rings. The van der Waals surface area contributed by atoms with Crippen molar-refractivity contribution in [2.24, 2.45) is 0 Å². The van der Waals surface area contributed by atoms with Gasteiger partial charge in [0.25, 0.3) is 0 Å². The summed E-state index contributed by atoms with van der Waals surface area (Å²) in [6.07, 6.45) is 1.47. The highest BCUT2D eigenvalue weighted by Crippen LogP contribution is 2.35. The minimum Gasteiger partial charge on any atom is -0.381 e. The van der Waals surface area contributed by atoms with Crippen LogP contribution < -0.4 is 10.6 Å². The average Bonchev–Trinajstić information content (AvgIpc) is 3.18. The summed E-state index contributed by atoms with van der Waals surface area (Å²) >= 11 is 1.57. The van der Waals surface area contributed by atoms with Crippen LogP contribution in [0.15, 0.2) is 35.0 Å². The van der Waals surface area contributed by atoms with Gasteiger partial charge in [-0.25, -0.2) is 8.78 Å². The molecule has 2 aromatic rings. The minimum absolute atomic E-state index is 0.245. The maximum absolute atomic E-state index is 13.6. The second-order valence-corrected chi connectivity index (χ2v) is 6.95. The van der Waals surface area contributed by atoms with E-state index in [1.165, 1.54) is 0 Å². The lowest BCUT2D eigenvalue weighted by molar-refractivity contribution is -0.136. The minimum atomic E-state index is -0.997. The van der Waals surface area contributed by atoms with Gasteiger partial charge in [-0.1, -0.05) is 0 Å². The first-order valence-corrected chi connectivity index (χ1v) is 9.09. The number of carbonyl (C=O) groups is 2. The predicted octanol–water partition coefficient (Wildman–Crippen LogP) is 2.83. The number of hydrogen-bond acceptors (Lipinski definition) is 4. The molecule has 5 nitrogen and oxygen atoms in total. The van der Waals surface area contributed by atoms with Gasteiger partial charge in [0.2, 0.25) is 0 Å². The zero-order valence-corrected chi connectivity index (χ0v) is 14.7. The summed E-state index contributed by atoms with van der Waals surface area (Å²) in [5, 5.41) is 8.79. The molecule has 0 radical (unpaired) electrons. The zero-order chi connectivity index (χ0) is 18.6. The Balaban J connectivity index is 1.64. The third-order valence-electron chi connectivity index (χ3n) is 4.56. The van der Waals surface area contributed by atoms with E-state index >= 15 is 0 Å². The molecule has 2 N–H and O–H groups in total. The number of halogens is 2. The fourth-order valence-corrected chi connectivity index (χ4v) is 3.77. The Labute approximate surface area is 153 Å². The van der Waals surface area contributed by atoms with Crippen molar-refractivity contribution in [3.05, 3.63) is 52.2 Å². The van der Waals surface area contributed by atoms with Gasteiger partial charge in [0.1, 0.15) is 11.6 Å². The summed E-state index contributed by atoms with van der Waals surface area (Å²) in [6.45, 7) is 1.45. The van der Waals surface area contributed by atoms with E-state index in [2.05, 4.69) is 10.6 Å². The van der Waals surface area contributed by atoms with Gasteiger partial charge in [-0.3, -0.25) is 9.59 Å². The lowest BCUT2D eigenvalue weighted by Gasteiger charge is -2.37. The smallest absolute Gasteiger partial charge is 0.313 e. The SMILES string of the molecule is O=C(NCC1(c2ccsc2)CCOCC1)C(=O)Nc1ccc(F)cc1F. The molecule has 0 aliphatic carbocycles. The van der Waals surface area contributed by atoms with E-state index in [9.17, 15) is 18.4 Å². The molecule has 1 aromatic carbocycles. The summed E-state index contributed by atoms with van der Waals surface area (Å²) in [5.74, 6) is -3.56. The van der Waals surface area contributed by atoms with Crippen LogP contribution >= 0.6 is 11.3 Å². The molecule has 0 saturated carbocycles. The van der Waals surface area contributed by atoms with Crippen molar-refractivity contribution in [1.29, 1.82) is 0 Å². The molecule has 0 spiro atoms. The third-order valence-corrected chi connectivity index (χ3v) is 5.24. The lowest BCUT2D eigenvalue weighted by atomic mass is 9.75. The van der Waals surface area contributed by atoms with Crippen molar-refractivity contribution in [2.75, 3.05) is 25.1 Å². The van der Waals surface area contributed by atoms with Gasteiger partial charge < -0.3 is 15.4 Å². The van der Waals surface area contributed by atoms with Gasteiger partial charge in [-0.2, -0.15) is 11.3 Å². The van der Waals surface area contributed by atoms with Gasteiger partial charge in [-0.15, -0.1) is 0 Å². The summed E-state index contributed by atoms with van der Waals surface area (Å²) < 4.78 is 31.9. The number of benzene rings is 1. The molecule has 0 atom stereocenters. The Morgan fingerprint density at radius 3 is 2.58 bits per heavy atom. The summed E-state index contributed by atoms with van der Waals surface area (Å²) in [4.78, 5) is 24.1. The fourth-order valence-electron chi connectivity index (χ4n) is 3.00. The first-order chi connectivity index (χ1) is 12.5. The lowest BCUT2D eigenvalue weighted by Crippen LogP contribution is -2.47. The van der Waals surface area contributed by atoms with E-state index in [1.807, 2.05) is 16.8 Å². The number of amides is 2. The molecule has 1 saturated heterocycles. The molecule has 1 aliphatic rings. The molecule has 0 bridgehead atoms. The van der Waals surface area contributed by atoms with Crippen molar-refractivity contribution in [3.63, 3.8) is 0 Å². The highest BCUT2D eigenvalue weighted by molar-refractivity contribution is 7.08. The summed E-state index contributed by atoms with van der Waals surface area (Å²) in [7, 11) is 0. The maximum Gasteiger partial charge on any atom is 0.313 e. The third kappa shape index (κ3) is 4.08. The second kappa shape index (κ2) is 7.92. The van der Waals surface area contributed by atoms with Gasteiger partial charge in [0.05, 0.1) is 5.69 Å². The number of nitrogens with one attached hydrogen (secondary N) is 2. The fraction of sp³-hybridized carbons (Fsp3) is 0.333. The second-order valence-electron chi connectivity index (χ2n) is 6.17. The average molecular weight is 380 g/mol. The Bertz CT molecular complexity index is 790. The van der Waals surface area contributed by atoms with Gasteiger partial charge in [0, 0.05) is 31.2 Å². The molecule has 26 heavy (non-hydrogen) atoms. The predicted molar refractivity (Wildman–Crippen MR) is 94.0 cm³/mol. The Hall–Kier alpha value is -2.32. The van der Waals surface area contributed by atoms with E-state index in [1.54, 1.807) is 11.3 Å². The first-order valence-electron chi connectivity index (χ1n) is 8.15. The Morgan fingerprint density at radius 2 is 1.92 bits per heavy atom. The van der Waals surface area contributed by atoms with Crippen LogP contribution in [0, 0.1) is 11.6 Å². The number of hydrogen-bond donors (Lipinski definition) is 2. The van der Waals surface area contributed by atoms with Crippen LogP contribution in [0.3, 0.4) is 0 Å². The molecule has 3 rings (SSSR count). The normalized spacial score (nSPS) is 16.1. The topological polar surface area (TPSA) is 67.4 Å². The zero-order valence-electron chi connectivity index (χ0n) is 13.9. The van der Waals surface area contributed by atoms with Crippen LogP contribution in [0.5, 0.6) is 0 Å². The highest BCUT2D eigenvalue weighted by atomic mass is 32.1. The molecule has 2 heterocycles. The van der Waals surface area contributed by atoms with Gasteiger partial charge in [-0.05, 0) is 47.4 Å². The number of anilines is 1. The molecule has 1 aliphatic heterocycles. The van der Waals surface area contributed by atoms with Crippen molar-refractivity contribution in [1.82, 2.24) is 5.32 Å². The van der Waals surface area contributed by atoms with Crippen LogP contribution in [0.4, 0.5) is 14.5 Å². The van der Waals surface area contributed by atoms with Crippen LogP contribution in [-0.4, -0.2) is 31.6 Å². The van der Waals surface area contributed by atoms with Gasteiger partial charge in [0.15, 0.2) is 0 Å². The maximum atomic E-state index is 13.6. The molecular formula is C18H18F2N2O3S. The largest absolute Gasteiger partial charge is 0.381 e. The number of rotatable bonds is 4. The molecule has 138 valence electrons. The van der Waals surface area contributed by atoms with E-state index in [-0.39, 0.29) is 17.6 Å². The number of thiophene rings is 1. The van der Waals surface area contributed by atoms with Crippen molar-refractivity contribution in [2.45, 2.75) is 18.3 Å². The van der Waals surface area contributed by atoms with E-state index in [0.717, 1.165) is 30.5 Å². The molecule has 1 aromatic heterocycles. The van der Waals surface area contributed by atoms with Crippen LogP contribution in [0.1, 0.15) is 18.4 Å². The number of carbonyl (C=O) groups excluding carboxylic acids is 2. The van der Waals surface area contributed by atoms with Crippen LogP contribution in [-0.2, 0) is 19.7 Å². The van der Waals surface area contributed by atoms with Gasteiger partial charge >= 0.3 is 11.8 Å². The van der Waals surface area contributed by atoms with E-state index in [0.29, 0.717) is 19.3 Å². The standard InChI is InChI=1S/C18H18F2N2O3S/c19-13-1-2-15(14(20)9-13)22-17(24)16(23)21-11-18(4-6-25-7-5-18)12-3-8-26-10-12/h1-3,8-10H,4-7,11H2,(H,21,23)(H,22,24). The van der Waals surface area contributed by atoms with Crippen molar-refractivity contribution in [3.8, 4) is 0 Å². The van der Waals surface area contributed by atoms with Crippen LogP contribution in [0.2, 0.25) is 0 Å². The molecule has 0 unspecified atom stereocenters. The van der Waals surface area contributed by atoms with E-state index < -0.39 is 23.4 Å². The van der Waals surface area contributed by atoms with Crippen LogP contribution in [0.25, 0.3) is 0 Å². The number of ether oxygens (including phenoxy) is 1. The summed E-state index contributed by atoms with van der Waals surface area (Å²) in [5.41, 5.74) is 0.580. The Kier molecular flexibility index (Phi) is 5.63. The molecule has 2 amide bonds. The molecular weight excluding hydrogens is 362 g/mol. The van der Waals surface area contributed by atoms with E-state index in [4.69, 9.17) is 4.74 Å². The summed E-state index contributed by atoms with van der Waals surface area (Å²) in [6, 6.07) is 4.72. The first kappa shape index (κ1) is 18.5. The van der Waals surface area contributed by atoms with Crippen molar-refractivity contribution < 1.29 is 23.1 Å².